The summed E-state index contributed by atoms with van der Waals surface area (Å²) in [6, 6.07) is 11.5. The minimum Gasteiger partial charge on any atom is -0.378 e. The topological polar surface area (TPSA) is 92.3 Å². The second kappa shape index (κ2) is 8.62. The molecule has 3 heterocycles. The maximum Gasteiger partial charge on any atom is 0.270 e. The van der Waals surface area contributed by atoms with Gasteiger partial charge in [0, 0.05) is 43.8 Å². The zero-order valence-electron chi connectivity index (χ0n) is 15.5. The fourth-order valence-corrected chi connectivity index (χ4v) is 3.16. The second-order valence-electron chi connectivity index (χ2n) is 6.42. The fourth-order valence-electron chi connectivity index (χ4n) is 3.16. The lowest BCUT2D eigenvalue weighted by molar-refractivity contribution is 0.0952. The van der Waals surface area contributed by atoms with Gasteiger partial charge >= 0.3 is 0 Å². The number of ether oxygens (including phenoxy) is 1. The predicted octanol–water partition coefficient (Wildman–Crippen LogP) is 1.70. The minimum absolute atomic E-state index is 0.185. The van der Waals surface area contributed by atoms with Crippen LogP contribution in [0.1, 0.15) is 10.5 Å². The number of aromatic nitrogens is 3. The van der Waals surface area contributed by atoms with Crippen molar-refractivity contribution in [2.24, 2.45) is 0 Å². The first-order chi connectivity index (χ1) is 13.8. The molecule has 1 aliphatic rings. The van der Waals surface area contributed by atoms with E-state index >= 15 is 0 Å². The molecular weight excluding hydrogens is 356 g/mol. The Balaban J connectivity index is 1.31. The van der Waals surface area contributed by atoms with Gasteiger partial charge in [0.1, 0.15) is 23.7 Å². The molecule has 0 bridgehead atoms. The summed E-state index contributed by atoms with van der Waals surface area (Å²) in [5.41, 5.74) is 0.440. The molecule has 1 aromatic carbocycles. The van der Waals surface area contributed by atoms with Gasteiger partial charge in [-0.25, -0.2) is 9.97 Å². The van der Waals surface area contributed by atoms with E-state index in [4.69, 9.17) is 4.74 Å². The van der Waals surface area contributed by atoms with E-state index in [2.05, 4.69) is 30.5 Å². The van der Waals surface area contributed by atoms with Crippen LogP contribution in [0.4, 0.5) is 11.6 Å². The summed E-state index contributed by atoms with van der Waals surface area (Å²) in [5, 5.41) is 7.98. The maximum atomic E-state index is 12.5. The number of hydrogen-bond donors (Lipinski definition) is 2. The summed E-state index contributed by atoms with van der Waals surface area (Å²) in [7, 11) is 0. The number of carbonyl (C=O) groups is 1. The number of rotatable bonds is 6. The Morgan fingerprint density at radius 2 is 1.93 bits per heavy atom. The van der Waals surface area contributed by atoms with Gasteiger partial charge in [-0.3, -0.25) is 9.78 Å². The number of anilines is 2. The van der Waals surface area contributed by atoms with Crippen LogP contribution in [0.25, 0.3) is 10.8 Å². The van der Waals surface area contributed by atoms with Crippen LogP contribution < -0.4 is 15.5 Å². The molecule has 2 N–H and O–H groups in total. The summed E-state index contributed by atoms with van der Waals surface area (Å²) in [6.45, 7) is 4.08. The van der Waals surface area contributed by atoms with Crippen molar-refractivity contribution in [3.63, 3.8) is 0 Å². The smallest absolute Gasteiger partial charge is 0.270 e. The van der Waals surface area contributed by atoms with Gasteiger partial charge < -0.3 is 20.3 Å². The molecule has 1 saturated heterocycles. The molecule has 1 fully saturated rings. The quantitative estimate of drug-likeness (QED) is 0.631. The predicted molar refractivity (Wildman–Crippen MR) is 108 cm³/mol. The van der Waals surface area contributed by atoms with Crippen molar-refractivity contribution in [1.82, 2.24) is 20.3 Å². The van der Waals surface area contributed by atoms with Gasteiger partial charge in [-0.1, -0.05) is 24.3 Å². The second-order valence-corrected chi connectivity index (χ2v) is 6.42. The summed E-state index contributed by atoms with van der Waals surface area (Å²) in [4.78, 5) is 27.5. The molecule has 2 aromatic heterocycles. The zero-order valence-corrected chi connectivity index (χ0v) is 15.5. The minimum atomic E-state index is -0.185. The van der Waals surface area contributed by atoms with Crippen LogP contribution in [0.2, 0.25) is 0 Å². The van der Waals surface area contributed by atoms with Gasteiger partial charge in [-0.05, 0) is 11.5 Å². The number of morpholine rings is 1. The van der Waals surface area contributed by atoms with Crippen LogP contribution in [0.5, 0.6) is 0 Å². The average Bonchev–Trinajstić information content (AvgIpc) is 2.77. The Bertz CT molecular complexity index is 953. The number of hydrogen-bond acceptors (Lipinski definition) is 7. The molecule has 0 unspecified atom stereocenters. The van der Waals surface area contributed by atoms with Crippen molar-refractivity contribution >= 4 is 28.3 Å². The zero-order chi connectivity index (χ0) is 19.2. The van der Waals surface area contributed by atoms with E-state index in [-0.39, 0.29) is 5.91 Å². The molecule has 3 aromatic rings. The highest BCUT2D eigenvalue weighted by Gasteiger charge is 2.13. The van der Waals surface area contributed by atoms with E-state index in [0.717, 1.165) is 35.5 Å². The molecule has 0 radical (unpaired) electrons. The van der Waals surface area contributed by atoms with Crippen LogP contribution in [0, 0.1) is 0 Å². The van der Waals surface area contributed by atoms with Crippen molar-refractivity contribution in [1.29, 1.82) is 0 Å². The van der Waals surface area contributed by atoms with Crippen LogP contribution >= 0.6 is 0 Å². The SMILES string of the molecule is O=C(NCCNc1cc(N2CCOCC2)ncn1)c1nccc2ccccc12. The first-order valence-corrected chi connectivity index (χ1v) is 9.32. The van der Waals surface area contributed by atoms with E-state index < -0.39 is 0 Å². The van der Waals surface area contributed by atoms with Crippen molar-refractivity contribution in [3.8, 4) is 0 Å². The van der Waals surface area contributed by atoms with Crippen LogP contribution in [-0.2, 0) is 4.74 Å². The number of pyridine rings is 1. The Labute approximate surface area is 163 Å². The summed E-state index contributed by atoms with van der Waals surface area (Å²) < 4.78 is 5.37. The Hall–Kier alpha value is -3.26. The van der Waals surface area contributed by atoms with Crippen molar-refractivity contribution in [2.45, 2.75) is 0 Å². The first kappa shape index (κ1) is 18.1. The lowest BCUT2D eigenvalue weighted by Crippen LogP contribution is -2.36. The van der Waals surface area contributed by atoms with Crippen LogP contribution in [-0.4, -0.2) is 60.3 Å². The molecule has 144 valence electrons. The van der Waals surface area contributed by atoms with E-state index in [9.17, 15) is 4.79 Å². The highest BCUT2D eigenvalue weighted by atomic mass is 16.5. The van der Waals surface area contributed by atoms with E-state index in [1.807, 2.05) is 36.4 Å². The monoisotopic (exact) mass is 378 g/mol. The standard InChI is InChI=1S/C20H22N6O2/c27-20(19-16-4-2-1-3-15(16)5-6-22-19)23-8-7-21-17-13-18(25-14-24-17)26-9-11-28-12-10-26/h1-6,13-14H,7-12H2,(H,23,27)(H,21,24,25). The van der Waals surface area contributed by atoms with Gasteiger partial charge in [0.25, 0.3) is 5.91 Å². The fraction of sp³-hybridized carbons (Fsp3) is 0.300. The number of amides is 1. The van der Waals surface area contributed by atoms with E-state index in [0.29, 0.717) is 32.0 Å². The highest BCUT2D eigenvalue weighted by Crippen LogP contribution is 2.16. The molecule has 8 nitrogen and oxygen atoms in total. The summed E-state index contributed by atoms with van der Waals surface area (Å²) in [5.74, 6) is 1.43. The molecule has 0 spiro atoms. The van der Waals surface area contributed by atoms with E-state index in [1.165, 1.54) is 0 Å². The normalized spacial score (nSPS) is 14.1. The van der Waals surface area contributed by atoms with Crippen LogP contribution in [0.3, 0.4) is 0 Å². The number of fused-ring (bicyclic) bond motifs is 1. The molecule has 4 rings (SSSR count). The van der Waals surface area contributed by atoms with Gasteiger partial charge in [-0.15, -0.1) is 0 Å². The number of nitrogens with zero attached hydrogens (tertiary/aromatic N) is 4. The molecule has 0 atom stereocenters. The summed E-state index contributed by atoms with van der Waals surface area (Å²) >= 11 is 0. The van der Waals surface area contributed by atoms with Gasteiger partial charge in [0.15, 0.2) is 0 Å². The van der Waals surface area contributed by atoms with Crippen molar-refractivity contribution in [3.05, 3.63) is 54.6 Å². The molecule has 0 aliphatic carbocycles. The van der Waals surface area contributed by atoms with E-state index in [1.54, 1.807) is 12.5 Å². The molecule has 8 heteroatoms. The average molecular weight is 378 g/mol. The first-order valence-electron chi connectivity index (χ1n) is 9.32. The third-order valence-corrected chi connectivity index (χ3v) is 4.59. The highest BCUT2D eigenvalue weighted by molar-refractivity contribution is 6.05. The molecule has 0 saturated carbocycles. The van der Waals surface area contributed by atoms with Gasteiger partial charge in [-0.2, -0.15) is 0 Å². The van der Waals surface area contributed by atoms with Crippen molar-refractivity contribution in [2.75, 3.05) is 49.6 Å². The Kier molecular flexibility index (Phi) is 5.58. The molecular formula is C20H22N6O2. The largest absolute Gasteiger partial charge is 0.378 e. The van der Waals surface area contributed by atoms with Gasteiger partial charge in [0.05, 0.1) is 13.2 Å². The van der Waals surface area contributed by atoms with Gasteiger partial charge in [0.2, 0.25) is 0 Å². The molecule has 1 aliphatic heterocycles. The third-order valence-electron chi connectivity index (χ3n) is 4.59. The number of benzene rings is 1. The lowest BCUT2D eigenvalue weighted by atomic mass is 10.1. The molecule has 1 amide bonds. The Morgan fingerprint density at radius 3 is 2.82 bits per heavy atom. The Morgan fingerprint density at radius 1 is 1.07 bits per heavy atom. The number of nitrogens with one attached hydrogen (secondary N) is 2. The summed E-state index contributed by atoms with van der Waals surface area (Å²) in [6.07, 6.45) is 3.20. The lowest BCUT2D eigenvalue weighted by Gasteiger charge is -2.27. The third kappa shape index (κ3) is 4.17. The maximum absolute atomic E-state index is 12.5. The van der Waals surface area contributed by atoms with Crippen LogP contribution in [0.15, 0.2) is 48.9 Å². The molecule has 28 heavy (non-hydrogen) atoms. The number of carbonyl (C=O) groups excluding carboxylic acids is 1. The van der Waals surface area contributed by atoms with Crippen molar-refractivity contribution < 1.29 is 9.53 Å².